The van der Waals surface area contributed by atoms with Crippen LogP contribution in [0.15, 0.2) is 52.4 Å². The van der Waals surface area contributed by atoms with Crippen LogP contribution in [0.25, 0.3) is 21.9 Å². The molecule has 0 atom stereocenters. The maximum absolute atomic E-state index is 12.8. The number of para-hydroxylation sites is 1. The number of nitrogens with one attached hydrogen (secondary N) is 1. The Bertz CT molecular complexity index is 1220. The normalized spacial score (nSPS) is 11.6. The third kappa shape index (κ3) is 2.50. The average molecular weight is 348 g/mol. The molecule has 7 nitrogen and oxygen atoms in total. The number of nitrogens with zero attached hydrogens (tertiary/aromatic N) is 3. The first-order valence-corrected chi connectivity index (χ1v) is 8.00. The number of aryl methyl sites for hydroxylation is 1. The van der Waals surface area contributed by atoms with Crippen LogP contribution in [-0.2, 0) is 0 Å². The van der Waals surface area contributed by atoms with Crippen LogP contribution in [0, 0.1) is 6.92 Å². The predicted molar refractivity (Wildman–Crippen MR) is 100 cm³/mol. The number of hydrogen-bond acceptors (Lipinski definition) is 5. The molecule has 4 rings (SSSR count). The van der Waals surface area contributed by atoms with Crippen molar-refractivity contribution in [1.29, 1.82) is 0 Å². The van der Waals surface area contributed by atoms with Crippen molar-refractivity contribution in [2.45, 2.75) is 6.92 Å². The van der Waals surface area contributed by atoms with Gasteiger partial charge >= 0.3 is 0 Å². The van der Waals surface area contributed by atoms with Crippen LogP contribution >= 0.6 is 0 Å². The Labute approximate surface area is 148 Å². The Morgan fingerprint density at radius 3 is 2.88 bits per heavy atom. The Hall–Kier alpha value is -3.61. The average Bonchev–Trinajstić information content (AvgIpc) is 3.01. The summed E-state index contributed by atoms with van der Waals surface area (Å²) < 4.78 is 6.33. The zero-order valence-corrected chi connectivity index (χ0v) is 14.2. The number of H-pyrrole nitrogens is 1. The van der Waals surface area contributed by atoms with E-state index < -0.39 is 0 Å². The second-order valence-corrected chi connectivity index (χ2v) is 5.85. The minimum absolute atomic E-state index is 0.0409. The molecular formula is C19H16N4O3. The molecule has 0 aliphatic heterocycles. The number of fused-ring (bicyclic) bond motifs is 3. The van der Waals surface area contributed by atoms with Gasteiger partial charge in [-0.15, -0.1) is 0 Å². The van der Waals surface area contributed by atoms with Crippen LogP contribution in [-0.4, -0.2) is 33.1 Å². The summed E-state index contributed by atoms with van der Waals surface area (Å²) in [7, 11) is 1.47. The van der Waals surface area contributed by atoms with Gasteiger partial charge < -0.3 is 14.8 Å². The topological polar surface area (TPSA) is 92.5 Å². The smallest absolute Gasteiger partial charge is 0.298 e. The number of ether oxygens (including phenoxy) is 1. The monoisotopic (exact) mass is 348 g/mol. The SMILES string of the molecule is COc1cc(C=Nn2c(C)nc3c([nH]c4ccccc43)c2=O)ccc1O. The highest BCUT2D eigenvalue weighted by Gasteiger charge is 2.12. The number of rotatable bonds is 3. The van der Waals surface area contributed by atoms with Crippen molar-refractivity contribution in [3.05, 3.63) is 64.2 Å². The fourth-order valence-electron chi connectivity index (χ4n) is 2.89. The first-order chi connectivity index (χ1) is 12.6. The molecular weight excluding hydrogens is 332 g/mol. The van der Waals surface area contributed by atoms with E-state index in [1.165, 1.54) is 24.1 Å². The van der Waals surface area contributed by atoms with Gasteiger partial charge in [0.25, 0.3) is 5.56 Å². The summed E-state index contributed by atoms with van der Waals surface area (Å²) in [6.45, 7) is 1.73. The summed E-state index contributed by atoms with van der Waals surface area (Å²) in [6.07, 6.45) is 1.52. The number of phenolic OH excluding ortho intramolecular Hbond substituents is 1. The van der Waals surface area contributed by atoms with Gasteiger partial charge in [-0.3, -0.25) is 4.79 Å². The van der Waals surface area contributed by atoms with Crippen molar-refractivity contribution < 1.29 is 9.84 Å². The molecule has 2 heterocycles. The van der Waals surface area contributed by atoms with E-state index in [4.69, 9.17) is 4.74 Å². The number of aromatic hydroxyl groups is 1. The maximum atomic E-state index is 12.8. The van der Waals surface area contributed by atoms with E-state index in [0.29, 0.717) is 28.2 Å². The Kier molecular flexibility index (Phi) is 3.69. The highest BCUT2D eigenvalue weighted by Crippen LogP contribution is 2.25. The zero-order valence-electron chi connectivity index (χ0n) is 14.2. The fourth-order valence-corrected chi connectivity index (χ4v) is 2.89. The van der Waals surface area contributed by atoms with Crippen LogP contribution in [0.3, 0.4) is 0 Å². The minimum atomic E-state index is -0.273. The molecule has 0 aliphatic carbocycles. The molecule has 2 aromatic carbocycles. The van der Waals surface area contributed by atoms with E-state index in [-0.39, 0.29) is 11.3 Å². The molecule has 26 heavy (non-hydrogen) atoms. The molecule has 0 unspecified atom stereocenters. The van der Waals surface area contributed by atoms with E-state index >= 15 is 0 Å². The van der Waals surface area contributed by atoms with Gasteiger partial charge in [0.1, 0.15) is 16.9 Å². The van der Waals surface area contributed by atoms with Gasteiger partial charge in [0, 0.05) is 10.9 Å². The van der Waals surface area contributed by atoms with E-state index in [0.717, 1.165) is 10.9 Å². The highest BCUT2D eigenvalue weighted by molar-refractivity contribution is 6.04. The van der Waals surface area contributed by atoms with E-state index in [2.05, 4.69) is 15.1 Å². The highest BCUT2D eigenvalue weighted by atomic mass is 16.5. The molecule has 0 saturated heterocycles. The predicted octanol–water partition coefficient (Wildman–Crippen LogP) is 2.78. The lowest BCUT2D eigenvalue weighted by atomic mass is 10.2. The first kappa shape index (κ1) is 15.9. The van der Waals surface area contributed by atoms with Crippen LogP contribution in [0.4, 0.5) is 0 Å². The number of phenols is 1. The van der Waals surface area contributed by atoms with Gasteiger partial charge in [-0.25, -0.2) is 4.98 Å². The number of aromatic amines is 1. The van der Waals surface area contributed by atoms with Gasteiger partial charge in [0.05, 0.1) is 13.3 Å². The van der Waals surface area contributed by atoms with Gasteiger partial charge in [-0.2, -0.15) is 9.78 Å². The second kappa shape index (κ2) is 6.03. The number of benzene rings is 2. The Balaban J connectivity index is 1.84. The second-order valence-electron chi connectivity index (χ2n) is 5.85. The summed E-state index contributed by atoms with van der Waals surface area (Å²) in [5.41, 5.74) is 2.32. The van der Waals surface area contributed by atoms with Crippen molar-refractivity contribution in [1.82, 2.24) is 14.6 Å². The largest absolute Gasteiger partial charge is 0.504 e. The van der Waals surface area contributed by atoms with E-state index in [1.807, 2.05) is 24.3 Å². The zero-order chi connectivity index (χ0) is 18.3. The number of hydrogen-bond donors (Lipinski definition) is 2. The molecule has 0 spiro atoms. The summed E-state index contributed by atoms with van der Waals surface area (Å²) in [5, 5.41) is 14.8. The lowest BCUT2D eigenvalue weighted by molar-refractivity contribution is 0.373. The van der Waals surface area contributed by atoms with E-state index in [9.17, 15) is 9.90 Å². The molecule has 0 amide bonds. The van der Waals surface area contributed by atoms with Crippen molar-refractivity contribution in [3.8, 4) is 11.5 Å². The maximum Gasteiger partial charge on any atom is 0.298 e. The molecule has 130 valence electrons. The summed E-state index contributed by atoms with van der Waals surface area (Å²) in [6, 6.07) is 12.5. The van der Waals surface area contributed by atoms with Crippen LogP contribution in [0.1, 0.15) is 11.4 Å². The Morgan fingerprint density at radius 2 is 2.08 bits per heavy atom. The van der Waals surface area contributed by atoms with Crippen molar-refractivity contribution in [2.75, 3.05) is 7.11 Å². The lowest BCUT2D eigenvalue weighted by Gasteiger charge is -2.05. The Morgan fingerprint density at radius 1 is 1.27 bits per heavy atom. The fraction of sp³-hybridized carbons (Fsp3) is 0.105. The standard InChI is InChI=1S/C19H16N4O3/c1-11-21-17-13-5-3-4-6-14(13)22-18(17)19(25)23(11)20-10-12-7-8-15(24)16(9-12)26-2/h3-10,22,24H,1-2H3. The quantitative estimate of drug-likeness (QED) is 0.557. The molecule has 0 fully saturated rings. The van der Waals surface area contributed by atoms with Crippen molar-refractivity contribution in [2.24, 2.45) is 5.10 Å². The summed E-state index contributed by atoms with van der Waals surface area (Å²) in [5.74, 6) is 0.857. The summed E-state index contributed by atoms with van der Waals surface area (Å²) >= 11 is 0. The lowest BCUT2D eigenvalue weighted by Crippen LogP contribution is -2.20. The van der Waals surface area contributed by atoms with Crippen LogP contribution in [0.5, 0.6) is 11.5 Å². The molecule has 0 bridgehead atoms. The molecule has 7 heteroatoms. The molecule has 4 aromatic rings. The molecule has 2 N–H and O–H groups in total. The number of methoxy groups -OCH3 is 1. The van der Waals surface area contributed by atoms with E-state index in [1.54, 1.807) is 19.1 Å². The first-order valence-electron chi connectivity index (χ1n) is 8.00. The van der Waals surface area contributed by atoms with Crippen LogP contribution in [0.2, 0.25) is 0 Å². The van der Waals surface area contributed by atoms with Gasteiger partial charge in [0.15, 0.2) is 11.5 Å². The van der Waals surface area contributed by atoms with Crippen molar-refractivity contribution >= 4 is 28.2 Å². The van der Waals surface area contributed by atoms with Gasteiger partial charge in [-0.05, 0) is 36.8 Å². The van der Waals surface area contributed by atoms with Crippen molar-refractivity contribution in [3.63, 3.8) is 0 Å². The molecule has 0 aliphatic rings. The minimum Gasteiger partial charge on any atom is -0.504 e. The number of aromatic nitrogens is 3. The van der Waals surface area contributed by atoms with Gasteiger partial charge in [-0.1, -0.05) is 18.2 Å². The van der Waals surface area contributed by atoms with Gasteiger partial charge in [0.2, 0.25) is 0 Å². The third-order valence-corrected chi connectivity index (χ3v) is 4.19. The third-order valence-electron chi connectivity index (χ3n) is 4.19. The molecule has 2 aromatic heterocycles. The molecule has 0 saturated carbocycles. The van der Waals surface area contributed by atoms with Crippen LogP contribution < -0.4 is 10.3 Å². The summed E-state index contributed by atoms with van der Waals surface area (Å²) in [4.78, 5) is 20.5. The molecule has 0 radical (unpaired) electrons.